The Morgan fingerprint density at radius 1 is 1.17 bits per heavy atom. The number of carbonyl (C=O) groups excluding carboxylic acids is 4. The zero-order valence-corrected chi connectivity index (χ0v) is 15.2. The van der Waals surface area contributed by atoms with E-state index < -0.39 is 34.3 Å². The van der Waals surface area contributed by atoms with Gasteiger partial charge in [0.1, 0.15) is 12.5 Å². The molecule has 8 heteroatoms. The number of amides is 1. The molecular formula is C15H25NO6S. The molecule has 132 valence electrons. The highest BCUT2D eigenvalue weighted by molar-refractivity contribution is 8.14. The maximum Gasteiger partial charge on any atom is 0.330 e. The van der Waals surface area contributed by atoms with Gasteiger partial charge in [-0.3, -0.25) is 14.4 Å². The van der Waals surface area contributed by atoms with Crippen LogP contribution in [0.15, 0.2) is 0 Å². The van der Waals surface area contributed by atoms with Gasteiger partial charge < -0.3 is 14.8 Å². The minimum absolute atomic E-state index is 0.156. The zero-order valence-electron chi connectivity index (χ0n) is 14.4. The van der Waals surface area contributed by atoms with Crippen LogP contribution in [0.5, 0.6) is 0 Å². The van der Waals surface area contributed by atoms with E-state index in [0.29, 0.717) is 0 Å². The summed E-state index contributed by atoms with van der Waals surface area (Å²) in [4.78, 5) is 47.2. The maximum atomic E-state index is 12.2. The lowest BCUT2D eigenvalue weighted by Gasteiger charge is -2.32. The Kier molecular flexibility index (Phi) is 8.89. The van der Waals surface area contributed by atoms with Crippen molar-refractivity contribution in [3.05, 3.63) is 0 Å². The third-order valence-corrected chi connectivity index (χ3v) is 4.06. The van der Waals surface area contributed by atoms with Gasteiger partial charge in [-0.1, -0.05) is 25.6 Å². The van der Waals surface area contributed by atoms with Gasteiger partial charge in [0.2, 0.25) is 11.0 Å². The summed E-state index contributed by atoms with van der Waals surface area (Å²) in [6, 6.07) is -1.01. The number of ether oxygens (including phenoxy) is 2. The highest BCUT2D eigenvalue weighted by atomic mass is 32.2. The molecule has 0 aliphatic carbocycles. The number of thioether (sulfide) groups is 1. The van der Waals surface area contributed by atoms with E-state index in [2.05, 4.69) is 10.1 Å². The van der Waals surface area contributed by atoms with E-state index in [0.717, 1.165) is 11.8 Å². The first-order chi connectivity index (χ1) is 10.5. The lowest BCUT2D eigenvalue weighted by molar-refractivity contribution is -0.148. The van der Waals surface area contributed by atoms with Crippen molar-refractivity contribution in [3.63, 3.8) is 0 Å². The molecule has 0 aromatic rings. The third kappa shape index (κ3) is 7.49. The molecule has 0 aliphatic heterocycles. The number of carbonyl (C=O) groups is 4. The fourth-order valence-corrected chi connectivity index (χ4v) is 2.68. The number of hydrogen-bond donors (Lipinski definition) is 1. The summed E-state index contributed by atoms with van der Waals surface area (Å²) in [6.45, 7) is 8.47. The van der Waals surface area contributed by atoms with Crippen LogP contribution in [0.4, 0.5) is 0 Å². The Balaban J connectivity index is 5.17. The normalized spacial score (nSPS) is 12.5. The topological polar surface area (TPSA) is 98.8 Å². The molecule has 1 N–H and O–H groups in total. The van der Waals surface area contributed by atoms with Crippen molar-refractivity contribution >= 4 is 34.7 Å². The Hall–Kier alpha value is -1.57. The van der Waals surface area contributed by atoms with Gasteiger partial charge in [0.15, 0.2) is 0 Å². The molecule has 23 heavy (non-hydrogen) atoms. The Bertz CT molecular complexity index is 461. The van der Waals surface area contributed by atoms with Crippen molar-refractivity contribution in [2.45, 2.75) is 51.8 Å². The van der Waals surface area contributed by atoms with Crippen LogP contribution in [0, 0.1) is 5.92 Å². The highest BCUT2D eigenvalue weighted by Gasteiger charge is 2.40. The van der Waals surface area contributed by atoms with Crippen LogP contribution in [0.3, 0.4) is 0 Å². The SMILES string of the molecule is CCOC(=O)C(NC(=O)C(C)C)C(C)(C)SC(=O)CC(=O)OC. The molecule has 1 atom stereocenters. The minimum atomic E-state index is -1.01. The van der Waals surface area contributed by atoms with Gasteiger partial charge >= 0.3 is 11.9 Å². The first-order valence-corrected chi connectivity index (χ1v) is 8.12. The molecule has 7 nitrogen and oxygen atoms in total. The van der Waals surface area contributed by atoms with E-state index in [1.807, 2.05) is 0 Å². The predicted octanol–water partition coefficient (Wildman–Crippen LogP) is 1.29. The summed E-state index contributed by atoms with van der Waals surface area (Å²) in [5.74, 6) is -1.92. The van der Waals surface area contributed by atoms with Crippen LogP contribution in [0.25, 0.3) is 0 Å². The molecule has 0 fully saturated rings. The standard InChI is InChI=1S/C15H25NO6S/c1-7-22-14(20)12(16-13(19)9(2)3)15(4,5)23-11(18)8-10(17)21-6/h9,12H,7-8H2,1-6H3,(H,16,19). The van der Waals surface area contributed by atoms with Crippen LogP contribution >= 0.6 is 11.8 Å². The van der Waals surface area contributed by atoms with Gasteiger partial charge in [-0.05, 0) is 20.8 Å². The van der Waals surface area contributed by atoms with Gasteiger partial charge in [0.25, 0.3) is 0 Å². The Labute approximate surface area is 140 Å². The second kappa shape index (κ2) is 9.54. The number of esters is 2. The highest BCUT2D eigenvalue weighted by Crippen LogP contribution is 2.31. The fourth-order valence-electron chi connectivity index (χ4n) is 1.63. The molecule has 0 rings (SSSR count). The Morgan fingerprint density at radius 3 is 2.17 bits per heavy atom. The predicted molar refractivity (Wildman–Crippen MR) is 86.7 cm³/mol. The zero-order chi connectivity index (χ0) is 18.2. The van der Waals surface area contributed by atoms with Gasteiger partial charge in [-0.15, -0.1) is 0 Å². The van der Waals surface area contributed by atoms with E-state index in [1.54, 1.807) is 34.6 Å². The number of hydrogen-bond acceptors (Lipinski definition) is 7. The van der Waals surface area contributed by atoms with Crippen LogP contribution < -0.4 is 5.32 Å². The third-order valence-electron chi connectivity index (χ3n) is 2.92. The lowest BCUT2D eigenvalue weighted by Crippen LogP contribution is -2.54. The lowest BCUT2D eigenvalue weighted by atomic mass is 10.0. The van der Waals surface area contributed by atoms with Crippen LogP contribution in [-0.2, 0) is 28.7 Å². The van der Waals surface area contributed by atoms with Gasteiger partial charge in [0.05, 0.1) is 13.7 Å². The Morgan fingerprint density at radius 2 is 1.74 bits per heavy atom. The van der Waals surface area contributed by atoms with Gasteiger partial charge in [-0.25, -0.2) is 4.79 Å². The molecule has 0 spiro atoms. The summed E-state index contributed by atoms with van der Waals surface area (Å²) in [5.41, 5.74) is 0. The molecule has 0 bridgehead atoms. The van der Waals surface area contributed by atoms with Crippen molar-refractivity contribution in [1.29, 1.82) is 0 Å². The molecule has 0 aromatic carbocycles. The van der Waals surface area contributed by atoms with E-state index in [9.17, 15) is 19.2 Å². The van der Waals surface area contributed by atoms with Crippen molar-refractivity contribution < 1.29 is 28.7 Å². The van der Waals surface area contributed by atoms with E-state index in [-0.39, 0.29) is 18.4 Å². The second-order valence-electron chi connectivity index (χ2n) is 5.68. The summed E-state index contributed by atoms with van der Waals surface area (Å²) in [6.07, 6.45) is -0.404. The summed E-state index contributed by atoms with van der Waals surface area (Å²) < 4.78 is 8.44. The molecule has 0 radical (unpaired) electrons. The second-order valence-corrected chi connectivity index (χ2v) is 7.39. The van der Waals surface area contributed by atoms with Crippen molar-refractivity contribution in [3.8, 4) is 0 Å². The first-order valence-electron chi connectivity index (χ1n) is 7.30. The number of methoxy groups -OCH3 is 1. The summed E-state index contributed by atoms with van der Waals surface area (Å²) in [5, 5.41) is 2.16. The molecule has 0 saturated carbocycles. The van der Waals surface area contributed by atoms with E-state index in [1.165, 1.54) is 7.11 Å². The van der Waals surface area contributed by atoms with Crippen molar-refractivity contribution in [2.75, 3.05) is 13.7 Å². The summed E-state index contributed by atoms with van der Waals surface area (Å²) in [7, 11) is 1.19. The van der Waals surface area contributed by atoms with Crippen molar-refractivity contribution in [1.82, 2.24) is 5.32 Å². The molecule has 0 aliphatic rings. The molecule has 1 amide bonds. The first kappa shape index (κ1) is 21.4. The quantitative estimate of drug-likeness (QED) is 0.522. The maximum absolute atomic E-state index is 12.2. The molecular weight excluding hydrogens is 322 g/mol. The van der Waals surface area contributed by atoms with E-state index in [4.69, 9.17) is 4.74 Å². The minimum Gasteiger partial charge on any atom is -0.469 e. The number of rotatable bonds is 8. The summed E-state index contributed by atoms with van der Waals surface area (Å²) >= 11 is 0.806. The fraction of sp³-hybridized carbons (Fsp3) is 0.733. The average molecular weight is 347 g/mol. The average Bonchev–Trinajstić information content (AvgIpc) is 2.43. The molecule has 0 aromatic heterocycles. The van der Waals surface area contributed by atoms with Crippen LogP contribution in [0.2, 0.25) is 0 Å². The number of nitrogens with one attached hydrogen (secondary N) is 1. The van der Waals surface area contributed by atoms with Crippen LogP contribution in [0.1, 0.15) is 41.0 Å². The monoisotopic (exact) mass is 347 g/mol. The van der Waals surface area contributed by atoms with Crippen LogP contribution in [-0.4, -0.2) is 47.5 Å². The largest absolute Gasteiger partial charge is 0.469 e. The van der Waals surface area contributed by atoms with Crippen molar-refractivity contribution in [2.24, 2.45) is 5.92 Å². The molecule has 0 heterocycles. The molecule has 0 saturated heterocycles. The van der Waals surface area contributed by atoms with Gasteiger partial charge in [-0.2, -0.15) is 0 Å². The van der Waals surface area contributed by atoms with E-state index >= 15 is 0 Å². The molecule has 1 unspecified atom stereocenters. The van der Waals surface area contributed by atoms with Gasteiger partial charge in [0, 0.05) is 10.7 Å². The smallest absolute Gasteiger partial charge is 0.330 e.